The van der Waals surface area contributed by atoms with Gasteiger partial charge in [-0.2, -0.15) is 5.10 Å². The van der Waals surface area contributed by atoms with Crippen LogP contribution in [0.4, 0.5) is 5.69 Å². The van der Waals surface area contributed by atoms with Crippen molar-refractivity contribution in [1.29, 1.82) is 0 Å². The van der Waals surface area contributed by atoms with Gasteiger partial charge in [0, 0.05) is 20.9 Å². The van der Waals surface area contributed by atoms with Crippen molar-refractivity contribution in [2.45, 2.75) is 37.7 Å². The number of hydrogen-bond donors (Lipinski definition) is 2. The van der Waals surface area contributed by atoms with E-state index in [2.05, 4.69) is 42.0 Å². The van der Waals surface area contributed by atoms with Gasteiger partial charge in [0.05, 0.1) is 17.5 Å². The molecule has 4 rings (SSSR count). The number of nitrogens with one attached hydrogen (secondary N) is 2. The van der Waals surface area contributed by atoms with E-state index in [0.717, 1.165) is 38.5 Å². The standard InChI is InChI=1S/C27H26BrClN6OS/c1-17-15-22(29)13-14-24(17)30-16-25-32-34-27(35(25)23-7-5-4-6-8-23)37-19(3)26(36)33-31-18(2)20-9-11-21(28)12-10-20/h4-15,19,30H,16H2,1-3H3,(H,33,36)/b31-18+/t19-/m0/s1. The number of hydrazone groups is 1. The van der Waals surface area contributed by atoms with E-state index in [1.165, 1.54) is 11.8 Å². The first-order valence-electron chi connectivity index (χ1n) is 11.6. The quantitative estimate of drug-likeness (QED) is 0.129. The van der Waals surface area contributed by atoms with Gasteiger partial charge in [0.1, 0.15) is 0 Å². The molecule has 0 saturated carbocycles. The molecule has 0 unspecified atom stereocenters. The third kappa shape index (κ3) is 7.00. The predicted octanol–water partition coefficient (Wildman–Crippen LogP) is 6.62. The lowest BCUT2D eigenvalue weighted by Crippen LogP contribution is -2.28. The van der Waals surface area contributed by atoms with Gasteiger partial charge in [0.25, 0.3) is 5.91 Å². The summed E-state index contributed by atoms with van der Waals surface area (Å²) in [7, 11) is 0. The number of aryl methyl sites for hydroxylation is 1. The minimum Gasteiger partial charge on any atom is -0.378 e. The molecule has 7 nitrogen and oxygen atoms in total. The Bertz CT molecular complexity index is 1410. The third-order valence-electron chi connectivity index (χ3n) is 5.59. The highest BCUT2D eigenvalue weighted by atomic mass is 79.9. The maximum atomic E-state index is 12.8. The number of para-hydroxylation sites is 1. The van der Waals surface area contributed by atoms with E-state index in [-0.39, 0.29) is 5.91 Å². The Hall–Kier alpha value is -3.14. The maximum Gasteiger partial charge on any atom is 0.253 e. The van der Waals surface area contributed by atoms with Crippen molar-refractivity contribution in [3.05, 3.63) is 99.2 Å². The summed E-state index contributed by atoms with van der Waals surface area (Å²) in [5.41, 5.74) is 7.24. The van der Waals surface area contributed by atoms with E-state index < -0.39 is 5.25 Å². The van der Waals surface area contributed by atoms with Crippen LogP contribution in [0, 0.1) is 6.92 Å². The van der Waals surface area contributed by atoms with Crippen molar-refractivity contribution < 1.29 is 4.79 Å². The molecular weight excluding hydrogens is 572 g/mol. The van der Waals surface area contributed by atoms with Gasteiger partial charge in [-0.25, -0.2) is 5.43 Å². The summed E-state index contributed by atoms with van der Waals surface area (Å²) >= 11 is 10.8. The molecule has 0 aliphatic carbocycles. The Balaban J connectivity index is 1.50. The Morgan fingerprint density at radius 1 is 1.11 bits per heavy atom. The second-order valence-corrected chi connectivity index (χ2v) is 11.0. The molecule has 190 valence electrons. The fourth-order valence-electron chi connectivity index (χ4n) is 3.52. The van der Waals surface area contributed by atoms with E-state index in [9.17, 15) is 4.79 Å². The van der Waals surface area contributed by atoms with Gasteiger partial charge in [0.2, 0.25) is 0 Å². The first-order chi connectivity index (χ1) is 17.8. The van der Waals surface area contributed by atoms with E-state index in [4.69, 9.17) is 11.6 Å². The van der Waals surface area contributed by atoms with Crippen LogP contribution >= 0.6 is 39.3 Å². The van der Waals surface area contributed by atoms with Crippen LogP contribution in [0.25, 0.3) is 5.69 Å². The third-order valence-corrected chi connectivity index (χ3v) is 7.39. The molecule has 3 aromatic carbocycles. The SMILES string of the molecule is C/C(=N\NC(=O)[C@H](C)Sc1nnc(CNc2ccc(Cl)cc2C)n1-c1ccccc1)c1ccc(Br)cc1. The number of thioether (sulfide) groups is 1. The zero-order valence-corrected chi connectivity index (χ0v) is 23.7. The highest BCUT2D eigenvalue weighted by Gasteiger charge is 2.21. The normalized spacial score (nSPS) is 12.3. The molecule has 0 aliphatic heterocycles. The van der Waals surface area contributed by atoms with Crippen LogP contribution in [0.2, 0.25) is 5.02 Å². The number of anilines is 1. The molecule has 1 amide bonds. The summed E-state index contributed by atoms with van der Waals surface area (Å²) in [6.45, 7) is 6.12. The molecule has 0 aliphatic rings. The van der Waals surface area contributed by atoms with E-state index in [0.29, 0.717) is 16.7 Å². The van der Waals surface area contributed by atoms with Crippen LogP contribution < -0.4 is 10.7 Å². The van der Waals surface area contributed by atoms with Gasteiger partial charge in [-0.1, -0.05) is 69.6 Å². The molecule has 0 spiro atoms. The number of benzene rings is 3. The number of aromatic nitrogens is 3. The van der Waals surface area contributed by atoms with Crippen molar-refractivity contribution in [3.63, 3.8) is 0 Å². The summed E-state index contributed by atoms with van der Waals surface area (Å²) in [5.74, 6) is 0.500. The smallest absolute Gasteiger partial charge is 0.253 e. The van der Waals surface area contributed by atoms with Crippen LogP contribution in [0.1, 0.15) is 30.8 Å². The van der Waals surface area contributed by atoms with Gasteiger partial charge >= 0.3 is 0 Å². The lowest BCUT2D eigenvalue weighted by atomic mass is 10.1. The average Bonchev–Trinajstić information content (AvgIpc) is 3.29. The van der Waals surface area contributed by atoms with Crippen molar-refractivity contribution in [2.75, 3.05) is 5.32 Å². The highest BCUT2D eigenvalue weighted by Crippen LogP contribution is 2.27. The largest absolute Gasteiger partial charge is 0.378 e. The molecule has 0 bridgehead atoms. The summed E-state index contributed by atoms with van der Waals surface area (Å²) < 4.78 is 2.95. The minimum atomic E-state index is -0.451. The predicted molar refractivity (Wildman–Crippen MR) is 155 cm³/mol. The average molecular weight is 598 g/mol. The molecule has 4 aromatic rings. The molecule has 0 saturated heterocycles. The van der Waals surface area contributed by atoms with Gasteiger partial charge in [-0.15, -0.1) is 10.2 Å². The van der Waals surface area contributed by atoms with Crippen LogP contribution in [0.5, 0.6) is 0 Å². The van der Waals surface area contributed by atoms with E-state index in [1.54, 1.807) is 0 Å². The molecule has 2 N–H and O–H groups in total. The number of hydrogen-bond acceptors (Lipinski definition) is 6. The van der Waals surface area contributed by atoms with Crippen molar-refractivity contribution >= 4 is 56.6 Å². The highest BCUT2D eigenvalue weighted by molar-refractivity contribution is 9.10. The number of carbonyl (C=O) groups excluding carboxylic acids is 1. The second-order valence-electron chi connectivity index (χ2n) is 8.32. The fraction of sp³-hybridized carbons (Fsp3) is 0.185. The van der Waals surface area contributed by atoms with Gasteiger partial charge in [0.15, 0.2) is 11.0 Å². The van der Waals surface area contributed by atoms with Gasteiger partial charge in [-0.3, -0.25) is 9.36 Å². The number of nitrogens with zero attached hydrogens (tertiary/aromatic N) is 4. The monoisotopic (exact) mass is 596 g/mol. The van der Waals surface area contributed by atoms with Crippen molar-refractivity contribution in [2.24, 2.45) is 5.10 Å². The first-order valence-corrected chi connectivity index (χ1v) is 13.6. The molecular formula is C27H26BrClN6OS. The number of carbonyl (C=O) groups is 1. The van der Waals surface area contributed by atoms with Crippen LogP contribution in [-0.2, 0) is 11.3 Å². The molecule has 1 heterocycles. The Morgan fingerprint density at radius 3 is 2.54 bits per heavy atom. The number of halogens is 2. The molecule has 37 heavy (non-hydrogen) atoms. The molecule has 0 fully saturated rings. The van der Waals surface area contributed by atoms with Gasteiger partial charge < -0.3 is 5.32 Å². The lowest BCUT2D eigenvalue weighted by molar-refractivity contribution is -0.120. The number of amides is 1. The van der Waals surface area contributed by atoms with Crippen LogP contribution in [0.15, 0.2) is 87.5 Å². The topological polar surface area (TPSA) is 84.2 Å². The van der Waals surface area contributed by atoms with Crippen LogP contribution in [-0.4, -0.2) is 31.6 Å². The molecule has 1 aromatic heterocycles. The Kier molecular flexibility index (Phi) is 9.02. The molecule has 0 radical (unpaired) electrons. The fourth-order valence-corrected chi connectivity index (χ4v) is 4.90. The zero-order valence-electron chi connectivity index (χ0n) is 20.6. The van der Waals surface area contributed by atoms with Crippen molar-refractivity contribution in [1.82, 2.24) is 20.2 Å². The molecule has 1 atom stereocenters. The maximum absolute atomic E-state index is 12.8. The molecule has 10 heteroatoms. The Morgan fingerprint density at radius 2 is 1.84 bits per heavy atom. The van der Waals surface area contributed by atoms with Crippen molar-refractivity contribution in [3.8, 4) is 5.69 Å². The first kappa shape index (κ1) is 26.9. The van der Waals surface area contributed by atoms with E-state index >= 15 is 0 Å². The second kappa shape index (κ2) is 12.4. The van der Waals surface area contributed by atoms with E-state index in [1.807, 2.05) is 98.1 Å². The summed E-state index contributed by atoms with van der Waals surface area (Å²) in [5, 5.41) is 17.4. The zero-order chi connectivity index (χ0) is 26.4. The minimum absolute atomic E-state index is 0.222. The van der Waals surface area contributed by atoms with Crippen LogP contribution in [0.3, 0.4) is 0 Å². The summed E-state index contributed by atoms with van der Waals surface area (Å²) in [6.07, 6.45) is 0. The van der Waals surface area contributed by atoms with Gasteiger partial charge in [-0.05, 0) is 74.4 Å². The summed E-state index contributed by atoms with van der Waals surface area (Å²) in [6, 6.07) is 23.3. The Labute approximate surface area is 233 Å². The lowest BCUT2D eigenvalue weighted by Gasteiger charge is -2.14. The number of rotatable bonds is 9. The summed E-state index contributed by atoms with van der Waals surface area (Å²) in [4.78, 5) is 12.8.